The maximum absolute atomic E-state index is 12.6. The van der Waals surface area contributed by atoms with Crippen molar-refractivity contribution in [3.05, 3.63) is 53.1 Å². The van der Waals surface area contributed by atoms with Crippen molar-refractivity contribution < 1.29 is 28.5 Å². The van der Waals surface area contributed by atoms with Gasteiger partial charge in [0, 0.05) is 13.1 Å². The van der Waals surface area contributed by atoms with Crippen LogP contribution in [0.2, 0.25) is 0 Å². The van der Waals surface area contributed by atoms with Gasteiger partial charge in [-0.3, -0.25) is 4.79 Å². The zero-order valence-electron chi connectivity index (χ0n) is 16.2. The van der Waals surface area contributed by atoms with Crippen molar-refractivity contribution in [2.75, 3.05) is 34.5 Å². The van der Waals surface area contributed by atoms with Crippen LogP contribution in [0.25, 0.3) is 0 Å². The van der Waals surface area contributed by atoms with Gasteiger partial charge in [0.25, 0.3) is 5.91 Å². The van der Waals surface area contributed by atoms with Gasteiger partial charge in [0.2, 0.25) is 0 Å². The maximum Gasteiger partial charge on any atom is 0.337 e. The number of benzene rings is 2. The molecule has 3 rings (SSSR count). The molecule has 1 amide bonds. The molecule has 0 radical (unpaired) electrons. The van der Waals surface area contributed by atoms with Crippen molar-refractivity contribution in [2.24, 2.45) is 0 Å². The van der Waals surface area contributed by atoms with Crippen LogP contribution < -0.4 is 14.2 Å². The molecule has 2 aromatic rings. The minimum Gasteiger partial charge on any atom is -0.493 e. The minimum absolute atomic E-state index is 0.104. The number of hydrogen-bond acceptors (Lipinski definition) is 6. The van der Waals surface area contributed by atoms with E-state index >= 15 is 0 Å². The molecule has 1 aliphatic heterocycles. The molecule has 0 atom stereocenters. The van der Waals surface area contributed by atoms with Crippen LogP contribution in [0.15, 0.2) is 36.4 Å². The summed E-state index contributed by atoms with van der Waals surface area (Å²) in [6.45, 7) is 0.986. The van der Waals surface area contributed by atoms with Crippen LogP contribution in [-0.2, 0) is 22.5 Å². The van der Waals surface area contributed by atoms with E-state index in [0.717, 1.165) is 17.5 Å². The molecule has 0 saturated carbocycles. The fourth-order valence-electron chi connectivity index (χ4n) is 3.16. The lowest BCUT2D eigenvalue weighted by Gasteiger charge is -2.29. The number of carbonyl (C=O) groups excluding carboxylic acids is 2. The van der Waals surface area contributed by atoms with E-state index in [9.17, 15) is 9.59 Å². The SMILES string of the molecule is COC(=O)c1cccc(OCC(=O)N2CCc3cc(OC)c(OC)cc3C2)c1. The van der Waals surface area contributed by atoms with Gasteiger partial charge in [-0.05, 0) is 47.9 Å². The van der Waals surface area contributed by atoms with Gasteiger partial charge in [0.15, 0.2) is 18.1 Å². The number of carbonyl (C=O) groups is 2. The van der Waals surface area contributed by atoms with Crippen LogP contribution in [0, 0.1) is 0 Å². The summed E-state index contributed by atoms with van der Waals surface area (Å²) in [7, 11) is 4.51. The molecule has 148 valence electrons. The van der Waals surface area contributed by atoms with Crippen LogP contribution in [-0.4, -0.2) is 51.3 Å². The molecule has 1 aliphatic rings. The van der Waals surface area contributed by atoms with E-state index < -0.39 is 5.97 Å². The Labute approximate surface area is 163 Å². The van der Waals surface area contributed by atoms with E-state index in [4.69, 9.17) is 18.9 Å². The summed E-state index contributed by atoms with van der Waals surface area (Å²) in [5.41, 5.74) is 2.55. The van der Waals surface area contributed by atoms with Crippen LogP contribution in [0.4, 0.5) is 0 Å². The van der Waals surface area contributed by atoms with Crippen molar-refractivity contribution in [1.29, 1.82) is 0 Å². The summed E-state index contributed by atoms with van der Waals surface area (Å²) in [6, 6.07) is 10.4. The first kappa shape index (κ1) is 19.5. The summed E-state index contributed by atoms with van der Waals surface area (Å²) in [5, 5.41) is 0. The number of esters is 1. The molecule has 0 N–H and O–H groups in total. The van der Waals surface area contributed by atoms with Crippen molar-refractivity contribution in [3.8, 4) is 17.2 Å². The van der Waals surface area contributed by atoms with Crippen molar-refractivity contribution in [2.45, 2.75) is 13.0 Å². The first-order valence-electron chi connectivity index (χ1n) is 8.88. The molecule has 0 fully saturated rings. The number of amides is 1. The Bertz CT molecular complexity index is 879. The Morgan fingerprint density at radius 1 is 1.00 bits per heavy atom. The predicted molar refractivity (Wildman–Crippen MR) is 102 cm³/mol. The molecule has 0 aliphatic carbocycles. The smallest absolute Gasteiger partial charge is 0.337 e. The van der Waals surface area contributed by atoms with E-state index in [1.54, 1.807) is 43.4 Å². The van der Waals surface area contributed by atoms with E-state index in [2.05, 4.69) is 0 Å². The van der Waals surface area contributed by atoms with E-state index in [1.165, 1.54) is 7.11 Å². The summed E-state index contributed by atoms with van der Waals surface area (Å²) in [5.74, 6) is 1.21. The third kappa shape index (κ3) is 4.19. The van der Waals surface area contributed by atoms with Gasteiger partial charge in [0.05, 0.1) is 26.9 Å². The largest absolute Gasteiger partial charge is 0.493 e. The third-order valence-electron chi connectivity index (χ3n) is 4.69. The molecule has 1 heterocycles. The molecule has 0 saturated heterocycles. The Morgan fingerprint density at radius 2 is 1.71 bits per heavy atom. The topological polar surface area (TPSA) is 74.3 Å². The van der Waals surface area contributed by atoms with Crippen LogP contribution in [0.3, 0.4) is 0 Å². The van der Waals surface area contributed by atoms with E-state index in [1.807, 2.05) is 12.1 Å². The average molecular weight is 385 g/mol. The van der Waals surface area contributed by atoms with Gasteiger partial charge < -0.3 is 23.8 Å². The molecule has 0 bridgehead atoms. The van der Waals surface area contributed by atoms with Crippen molar-refractivity contribution >= 4 is 11.9 Å². The molecular formula is C21H23NO6. The lowest BCUT2D eigenvalue weighted by atomic mass is 9.99. The Morgan fingerprint density at radius 3 is 2.39 bits per heavy atom. The summed E-state index contributed by atoms with van der Waals surface area (Å²) >= 11 is 0. The van der Waals surface area contributed by atoms with Gasteiger partial charge in [-0.1, -0.05) is 6.07 Å². The van der Waals surface area contributed by atoms with Gasteiger partial charge in [-0.2, -0.15) is 0 Å². The van der Waals surface area contributed by atoms with Gasteiger partial charge in [-0.25, -0.2) is 4.79 Å². The predicted octanol–water partition coefficient (Wildman–Crippen LogP) is 2.45. The van der Waals surface area contributed by atoms with Crippen molar-refractivity contribution in [1.82, 2.24) is 4.90 Å². The first-order valence-corrected chi connectivity index (χ1v) is 8.88. The van der Waals surface area contributed by atoms with Crippen LogP contribution in [0.5, 0.6) is 17.2 Å². The molecule has 7 nitrogen and oxygen atoms in total. The number of rotatable bonds is 6. The van der Waals surface area contributed by atoms with Crippen molar-refractivity contribution in [3.63, 3.8) is 0 Å². The first-order chi connectivity index (χ1) is 13.5. The monoisotopic (exact) mass is 385 g/mol. The lowest BCUT2D eigenvalue weighted by Crippen LogP contribution is -2.38. The van der Waals surface area contributed by atoms with Gasteiger partial charge >= 0.3 is 5.97 Å². The Balaban J connectivity index is 1.64. The fourth-order valence-corrected chi connectivity index (χ4v) is 3.16. The number of nitrogens with zero attached hydrogens (tertiary/aromatic N) is 1. The summed E-state index contributed by atoms with van der Waals surface area (Å²) < 4.78 is 21.0. The summed E-state index contributed by atoms with van der Waals surface area (Å²) in [4.78, 5) is 25.9. The standard InChI is InChI=1S/C21H23NO6/c1-25-18-10-14-7-8-22(12-16(14)11-19(18)26-2)20(23)13-28-17-6-4-5-15(9-17)21(24)27-3/h4-6,9-11H,7-8,12-13H2,1-3H3. The molecule has 7 heteroatoms. The molecule has 2 aromatic carbocycles. The molecule has 0 unspecified atom stereocenters. The molecule has 28 heavy (non-hydrogen) atoms. The second kappa shape index (κ2) is 8.65. The maximum atomic E-state index is 12.6. The van der Waals surface area contributed by atoms with Crippen LogP contribution >= 0.6 is 0 Å². The zero-order chi connectivity index (χ0) is 20.1. The quantitative estimate of drug-likeness (QED) is 0.711. The highest BCUT2D eigenvalue weighted by Gasteiger charge is 2.23. The van der Waals surface area contributed by atoms with Gasteiger partial charge in [-0.15, -0.1) is 0 Å². The van der Waals surface area contributed by atoms with Gasteiger partial charge in [0.1, 0.15) is 5.75 Å². The highest BCUT2D eigenvalue weighted by atomic mass is 16.5. The molecule has 0 aromatic heterocycles. The second-order valence-electron chi connectivity index (χ2n) is 6.35. The number of methoxy groups -OCH3 is 3. The molecular weight excluding hydrogens is 362 g/mol. The Hall–Kier alpha value is -3.22. The second-order valence-corrected chi connectivity index (χ2v) is 6.35. The van der Waals surface area contributed by atoms with E-state index in [-0.39, 0.29) is 12.5 Å². The number of hydrogen-bond donors (Lipinski definition) is 0. The Kier molecular flexibility index (Phi) is 6.03. The lowest BCUT2D eigenvalue weighted by molar-refractivity contribution is -0.134. The van der Waals surface area contributed by atoms with E-state index in [0.29, 0.717) is 35.9 Å². The highest BCUT2D eigenvalue weighted by molar-refractivity contribution is 5.89. The number of ether oxygens (including phenoxy) is 4. The normalized spacial score (nSPS) is 12.8. The fraction of sp³-hybridized carbons (Fsp3) is 0.333. The third-order valence-corrected chi connectivity index (χ3v) is 4.69. The average Bonchev–Trinajstić information content (AvgIpc) is 2.75. The number of fused-ring (bicyclic) bond motifs is 1. The zero-order valence-corrected chi connectivity index (χ0v) is 16.2. The highest BCUT2D eigenvalue weighted by Crippen LogP contribution is 2.33. The van der Waals surface area contributed by atoms with Crippen LogP contribution in [0.1, 0.15) is 21.5 Å². The summed E-state index contributed by atoms with van der Waals surface area (Å²) in [6.07, 6.45) is 0.735. The molecule has 0 spiro atoms. The minimum atomic E-state index is -0.450.